The van der Waals surface area contributed by atoms with Crippen molar-refractivity contribution in [1.29, 1.82) is 0 Å². The van der Waals surface area contributed by atoms with E-state index in [0.29, 0.717) is 18.8 Å². The monoisotopic (exact) mass is 215 g/mol. The number of rotatable bonds is 8. The number of hydrogen-bond donors (Lipinski definition) is 2. The molecule has 15 heavy (non-hydrogen) atoms. The van der Waals surface area contributed by atoms with E-state index in [1.165, 1.54) is 12.8 Å². The normalized spacial score (nSPS) is 22.4. The first-order valence-electron chi connectivity index (χ1n) is 6.10. The van der Waals surface area contributed by atoms with E-state index in [1.807, 2.05) is 6.92 Å². The van der Waals surface area contributed by atoms with Crippen LogP contribution < -0.4 is 5.32 Å². The van der Waals surface area contributed by atoms with Gasteiger partial charge in [-0.15, -0.1) is 0 Å². The minimum absolute atomic E-state index is 0.141. The van der Waals surface area contributed by atoms with Crippen LogP contribution in [0.25, 0.3) is 0 Å². The summed E-state index contributed by atoms with van der Waals surface area (Å²) in [6, 6.07) is 0.604. The molecule has 1 rings (SSSR count). The zero-order chi connectivity index (χ0) is 11.3. The molecule has 1 fully saturated rings. The van der Waals surface area contributed by atoms with Gasteiger partial charge in [0.15, 0.2) is 0 Å². The molecule has 3 heteroatoms. The predicted octanol–water partition coefficient (Wildman–Crippen LogP) is 1.69. The van der Waals surface area contributed by atoms with Crippen LogP contribution in [-0.2, 0) is 4.74 Å². The van der Waals surface area contributed by atoms with E-state index in [9.17, 15) is 5.11 Å². The summed E-state index contributed by atoms with van der Waals surface area (Å²) in [4.78, 5) is 0. The molecule has 0 heterocycles. The highest BCUT2D eigenvalue weighted by atomic mass is 16.5. The Morgan fingerprint density at radius 2 is 2.20 bits per heavy atom. The minimum atomic E-state index is -0.261. The van der Waals surface area contributed by atoms with Gasteiger partial charge in [-0.2, -0.15) is 0 Å². The summed E-state index contributed by atoms with van der Waals surface area (Å²) < 4.78 is 5.74. The molecule has 3 nitrogen and oxygen atoms in total. The Labute approximate surface area is 93.2 Å². The van der Waals surface area contributed by atoms with E-state index in [2.05, 4.69) is 19.2 Å². The molecule has 0 radical (unpaired) electrons. The zero-order valence-electron chi connectivity index (χ0n) is 10.3. The maximum atomic E-state index is 9.36. The number of hydrogen-bond acceptors (Lipinski definition) is 3. The van der Waals surface area contributed by atoms with Crippen LogP contribution in [0.5, 0.6) is 0 Å². The number of nitrogens with one attached hydrogen (secondary N) is 1. The van der Waals surface area contributed by atoms with Crippen LogP contribution in [0.3, 0.4) is 0 Å². The van der Waals surface area contributed by atoms with E-state index in [0.717, 1.165) is 12.8 Å². The Hall–Kier alpha value is -0.120. The standard InChI is InChI=1S/C12H25NO2/c1-4-5-10(2)15-9-12(3,8-14)13-11-6-7-11/h10-11,13-14H,4-9H2,1-3H3. The van der Waals surface area contributed by atoms with Crippen molar-refractivity contribution in [2.24, 2.45) is 0 Å². The molecule has 0 aromatic rings. The fourth-order valence-corrected chi connectivity index (χ4v) is 1.67. The van der Waals surface area contributed by atoms with Crippen molar-refractivity contribution < 1.29 is 9.84 Å². The first-order valence-corrected chi connectivity index (χ1v) is 6.10. The molecule has 2 unspecified atom stereocenters. The summed E-state index contributed by atoms with van der Waals surface area (Å²) in [5.41, 5.74) is -0.261. The van der Waals surface area contributed by atoms with Crippen molar-refractivity contribution in [3.05, 3.63) is 0 Å². The Kier molecular flexibility index (Phi) is 5.03. The fourth-order valence-electron chi connectivity index (χ4n) is 1.67. The molecule has 2 N–H and O–H groups in total. The van der Waals surface area contributed by atoms with Gasteiger partial charge in [-0.1, -0.05) is 13.3 Å². The quantitative estimate of drug-likeness (QED) is 0.647. The van der Waals surface area contributed by atoms with E-state index in [-0.39, 0.29) is 12.1 Å². The van der Waals surface area contributed by atoms with Gasteiger partial charge in [-0.25, -0.2) is 0 Å². The highest BCUT2D eigenvalue weighted by Crippen LogP contribution is 2.22. The molecule has 0 saturated heterocycles. The lowest BCUT2D eigenvalue weighted by Gasteiger charge is -2.30. The van der Waals surface area contributed by atoms with Crippen LogP contribution in [0.2, 0.25) is 0 Å². The van der Waals surface area contributed by atoms with Gasteiger partial charge >= 0.3 is 0 Å². The maximum absolute atomic E-state index is 9.36. The molecule has 0 bridgehead atoms. The predicted molar refractivity (Wildman–Crippen MR) is 62.0 cm³/mol. The number of aliphatic hydroxyl groups excluding tert-OH is 1. The summed E-state index contributed by atoms with van der Waals surface area (Å²) in [5, 5.41) is 12.8. The van der Waals surface area contributed by atoms with E-state index < -0.39 is 0 Å². The molecular weight excluding hydrogens is 190 g/mol. The lowest BCUT2D eigenvalue weighted by Crippen LogP contribution is -2.51. The maximum Gasteiger partial charge on any atom is 0.0671 e. The zero-order valence-corrected chi connectivity index (χ0v) is 10.3. The first-order chi connectivity index (χ1) is 7.09. The lowest BCUT2D eigenvalue weighted by atomic mass is 10.1. The van der Waals surface area contributed by atoms with Crippen LogP contribution in [-0.4, -0.2) is 36.0 Å². The molecule has 0 aromatic carbocycles. The molecule has 0 spiro atoms. The van der Waals surface area contributed by atoms with E-state index in [1.54, 1.807) is 0 Å². The van der Waals surface area contributed by atoms with Crippen LogP contribution in [0.1, 0.15) is 46.5 Å². The van der Waals surface area contributed by atoms with Crippen molar-refractivity contribution in [2.45, 2.75) is 64.1 Å². The second kappa shape index (κ2) is 5.83. The highest BCUT2D eigenvalue weighted by Gasteiger charge is 2.32. The Bertz CT molecular complexity index is 182. The summed E-state index contributed by atoms with van der Waals surface area (Å²) in [6.07, 6.45) is 5.00. The van der Waals surface area contributed by atoms with Gasteiger partial charge in [0.25, 0.3) is 0 Å². The van der Waals surface area contributed by atoms with Crippen LogP contribution in [0.15, 0.2) is 0 Å². The summed E-state index contributed by atoms with van der Waals surface area (Å²) in [7, 11) is 0. The number of aliphatic hydroxyl groups is 1. The fraction of sp³-hybridized carbons (Fsp3) is 1.00. The second-order valence-electron chi connectivity index (χ2n) is 5.05. The largest absolute Gasteiger partial charge is 0.394 e. The van der Waals surface area contributed by atoms with E-state index in [4.69, 9.17) is 4.74 Å². The van der Waals surface area contributed by atoms with Crippen LogP contribution in [0, 0.1) is 0 Å². The van der Waals surface area contributed by atoms with Crippen molar-refractivity contribution in [2.75, 3.05) is 13.2 Å². The van der Waals surface area contributed by atoms with Gasteiger partial charge < -0.3 is 15.2 Å². The van der Waals surface area contributed by atoms with Crippen LogP contribution >= 0.6 is 0 Å². The van der Waals surface area contributed by atoms with Gasteiger partial charge in [0, 0.05) is 6.04 Å². The molecule has 1 aliphatic carbocycles. The van der Waals surface area contributed by atoms with Crippen molar-refractivity contribution >= 4 is 0 Å². The van der Waals surface area contributed by atoms with Gasteiger partial charge in [0.05, 0.1) is 24.9 Å². The van der Waals surface area contributed by atoms with Crippen molar-refractivity contribution in [3.8, 4) is 0 Å². The molecule has 0 aromatic heterocycles. The van der Waals surface area contributed by atoms with Gasteiger partial charge in [0.1, 0.15) is 0 Å². The molecule has 1 saturated carbocycles. The molecule has 0 amide bonds. The summed E-state index contributed by atoms with van der Waals surface area (Å²) >= 11 is 0. The third kappa shape index (κ3) is 4.96. The number of ether oxygens (including phenoxy) is 1. The van der Waals surface area contributed by atoms with Gasteiger partial charge in [-0.3, -0.25) is 0 Å². The Balaban J connectivity index is 2.24. The molecular formula is C12H25NO2. The average Bonchev–Trinajstić information content (AvgIpc) is 2.99. The minimum Gasteiger partial charge on any atom is -0.394 e. The first kappa shape index (κ1) is 12.9. The SMILES string of the molecule is CCCC(C)OCC(C)(CO)NC1CC1. The van der Waals surface area contributed by atoms with Crippen molar-refractivity contribution in [3.63, 3.8) is 0 Å². The Morgan fingerprint density at radius 1 is 1.53 bits per heavy atom. The molecule has 2 atom stereocenters. The van der Waals surface area contributed by atoms with Gasteiger partial charge in [-0.05, 0) is 33.1 Å². The summed E-state index contributed by atoms with van der Waals surface area (Å²) in [5.74, 6) is 0. The molecule has 0 aliphatic heterocycles. The smallest absolute Gasteiger partial charge is 0.0671 e. The topological polar surface area (TPSA) is 41.5 Å². The highest BCUT2D eigenvalue weighted by molar-refractivity contribution is 4.92. The van der Waals surface area contributed by atoms with E-state index >= 15 is 0 Å². The Morgan fingerprint density at radius 3 is 2.67 bits per heavy atom. The van der Waals surface area contributed by atoms with Crippen molar-refractivity contribution in [1.82, 2.24) is 5.32 Å². The second-order valence-corrected chi connectivity index (χ2v) is 5.05. The average molecular weight is 215 g/mol. The summed E-state index contributed by atoms with van der Waals surface area (Å²) in [6.45, 7) is 7.03. The third-order valence-corrected chi connectivity index (χ3v) is 2.86. The molecule has 1 aliphatic rings. The molecule has 90 valence electrons. The lowest BCUT2D eigenvalue weighted by molar-refractivity contribution is 0.000104. The van der Waals surface area contributed by atoms with Gasteiger partial charge in [0.2, 0.25) is 0 Å². The third-order valence-electron chi connectivity index (χ3n) is 2.86. The van der Waals surface area contributed by atoms with Crippen LogP contribution in [0.4, 0.5) is 0 Å².